The fourth-order valence-corrected chi connectivity index (χ4v) is 2.79. The quantitative estimate of drug-likeness (QED) is 0.656. The second-order valence-electron chi connectivity index (χ2n) is 4.23. The van der Waals surface area contributed by atoms with Gasteiger partial charge < -0.3 is 5.11 Å². The molecule has 6 heteroatoms. The van der Waals surface area contributed by atoms with Crippen molar-refractivity contribution in [1.29, 1.82) is 0 Å². The van der Waals surface area contributed by atoms with E-state index < -0.39 is 0 Å². The van der Waals surface area contributed by atoms with Crippen LogP contribution in [0.25, 0.3) is 0 Å². The second-order valence-corrected chi connectivity index (χ2v) is 5.94. The van der Waals surface area contributed by atoms with E-state index >= 15 is 0 Å². The third-order valence-electron chi connectivity index (χ3n) is 2.71. The molecule has 100 valence electrons. The molecule has 1 aromatic carbocycles. The van der Waals surface area contributed by atoms with Crippen LogP contribution in [0.2, 0.25) is 0 Å². The van der Waals surface area contributed by atoms with Crippen molar-refractivity contribution in [3.8, 4) is 5.75 Å². The number of aryl methyl sites for hydroxylation is 2. The third kappa shape index (κ3) is 3.13. The lowest BCUT2D eigenvalue weighted by molar-refractivity contribution is 0.469. The Morgan fingerprint density at radius 3 is 2.79 bits per heavy atom. The highest BCUT2D eigenvalue weighted by Gasteiger charge is 2.09. The van der Waals surface area contributed by atoms with E-state index in [0.717, 1.165) is 26.4 Å². The zero-order valence-corrected chi connectivity index (χ0v) is 13.3. The first-order chi connectivity index (χ1) is 8.99. The monoisotopic (exact) mass is 339 g/mol. The number of phenolic OH excluding ortho intramolecular Hbond substituents is 1. The molecule has 0 unspecified atom stereocenters. The van der Waals surface area contributed by atoms with Gasteiger partial charge in [-0.2, -0.15) is 5.10 Å². The Balaban J connectivity index is 2.23. The molecule has 0 radical (unpaired) electrons. The van der Waals surface area contributed by atoms with E-state index in [1.54, 1.807) is 6.21 Å². The lowest BCUT2D eigenvalue weighted by atomic mass is 10.0. The molecular formula is C13H14BrN3OS. The van der Waals surface area contributed by atoms with Gasteiger partial charge in [0.15, 0.2) is 0 Å². The van der Waals surface area contributed by atoms with Gasteiger partial charge in [-0.3, -0.25) is 5.43 Å². The molecule has 2 aromatic rings. The van der Waals surface area contributed by atoms with Gasteiger partial charge in [0.2, 0.25) is 5.13 Å². The normalized spacial score (nSPS) is 11.2. The molecule has 2 rings (SSSR count). The molecule has 0 aliphatic carbocycles. The van der Waals surface area contributed by atoms with Gasteiger partial charge in [-0.25, -0.2) is 4.98 Å². The molecule has 0 amide bonds. The maximum Gasteiger partial charge on any atom is 0.203 e. The molecule has 0 aliphatic rings. The Morgan fingerprint density at radius 2 is 2.16 bits per heavy atom. The van der Waals surface area contributed by atoms with Crippen LogP contribution in [0.4, 0.5) is 5.13 Å². The molecule has 2 N–H and O–H groups in total. The van der Waals surface area contributed by atoms with Crippen molar-refractivity contribution >= 4 is 38.6 Å². The number of rotatable bonds is 3. The van der Waals surface area contributed by atoms with Crippen LogP contribution in [0, 0.1) is 20.8 Å². The van der Waals surface area contributed by atoms with Crippen molar-refractivity contribution in [2.75, 3.05) is 5.43 Å². The minimum absolute atomic E-state index is 0.251. The predicted octanol–water partition coefficient (Wildman–Crippen LogP) is 3.98. The summed E-state index contributed by atoms with van der Waals surface area (Å²) < 4.78 is 0.953. The number of anilines is 1. The van der Waals surface area contributed by atoms with Crippen LogP contribution in [0.15, 0.2) is 21.0 Å². The van der Waals surface area contributed by atoms with Crippen LogP contribution in [-0.4, -0.2) is 16.3 Å². The summed E-state index contributed by atoms with van der Waals surface area (Å²) in [5, 5.41) is 16.9. The molecule has 0 atom stereocenters. The predicted molar refractivity (Wildman–Crippen MR) is 83.3 cm³/mol. The molecule has 0 bridgehead atoms. The van der Waals surface area contributed by atoms with Crippen molar-refractivity contribution in [2.45, 2.75) is 20.8 Å². The van der Waals surface area contributed by atoms with Gasteiger partial charge >= 0.3 is 0 Å². The fourth-order valence-electron chi connectivity index (χ4n) is 1.60. The average molecular weight is 340 g/mol. The summed E-state index contributed by atoms with van der Waals surface area (Å²) in [6.45, 7) is 5.71. The molecule has 1 heterocycles. The summed E-state index contributed by atoms with van der Waals surface area (Å²) in [5.74, 6) is 0.251. The van der Waals surface area contributed by atoms with E-state index in [2.05, 4.69) is 31.4 Å². The summed E-state index contributed by atoms with van der Waals surface area (Å²) in [6.07, 6.45) is 1.61. The second kappa shape index (κ2) is 5.71. The summed E-state index contributed by atoms with van der Waals surface area (Å²) in [6, 6.07) is 1.89. The van der Waals surface area contributed by atoms with Gasteiger partial charge in [-0.05, 0) is 38.0 Å². The smallest absolute Gasteiger partial charge is 0.203 e. The van der Waals surface area contributed by atoms with Crippen LogP contribution in [0.3, 0.4) is 0 Å². The zero-order chi connectivity index (χ0) is 14.0. The first-order valence-electron chi connectivity index (χ1n) is 5.69. The van der Waals surface area contributed by atoms with Gasteiger partial charge in [-0.15, -0.1) is 11.3 Å². The van der Waals surface area contributed by atoms with E-state index in [0.29, 0.717) is 5.56 Å². The minimum Gasteiger partial charge on any atom is -0.507 e. The van der Waals surface area contributed by atoms with Crippen molar-refractivity contribution in [2.24, 2.45) is 5.10 Å². The molecule has 0 saturated heterocycles. The number of aromatic nitrogens is 1. The summed E-state index contributed by atoms with van der Waals surface area (Å²) in [4.78, 5) is 4.24. The maximum atomic E-state index is 10.1. The van der Waals surface area contributed by atoms with Crippen molar-refractivity contribution in [3.05, 3.63) is 38.3 Å². The standard InChI is InChI=1S/C13H14BrN3OS/c1-7-4-11(14)9(3)10(12(7)18)5-15-17-13-16-8(2)6-19-13/h4-6,18H,1-3H3,(H,16,17). The maximum absolute atomic E-state index is 10.1. The molecule has 0 saturated carbocycles. The molecule has 0 spiro atoms. The third-order valence-corrected chi connectivity index (χ3v) is 4.40. The number of hydrogen-bond acceptors (Lipinski definition) is 5. The number of hydrazone groups is 1. The summed E-state index contributed by atoms with van der Waals surface area (Å²) >= 11 is 4.96. The number of nitrogens with one attached hydrogen (secondary N) is 1. The molecule has 0 fully saturated rings. The van der Waals surface area contributed by atoms with Gasteiger partial charge in [0.05, 0.1) is 11.9 Å². The molecular weight excluding hydrogens is 326 g/mol. The van der Waals surface area contributed by atoms with Crippen molar-refractivity contribution in [1.82, 2.24) is 4.98 Å². The number of nitrogens with zero attached hydrogens (tertiary/aromatic N) is 2. The van der Waals surface area contributed by atoms with Crippen molar-refractivity contribution < 1.29 is 5.11 Å². The minimum atomic E-state index is 0.251. The van der Waals surface area contributed by atoms with Crippen molar-refractivity contribution in [3.63, 3.8) is 0 Å². The molecule has 1 aromatic heterocycles. The Hall–Kier alpha value is -1.40. The van der Waals surface area contributed by atoms with Crippen LogP contribution in [-0.2, 0) is 0 Å². The fraction of sp³-hybridized carbons (Fsp3) is 0.231. The molecule has 4 nitrogen and oxygen atoms in total. The van der Waals surface area contributed by atoms with Gasteiger partial charge in [0, 0.05) is 15.4 Å². The van der Waals surface area contributed by atoms with E-state index in [1.165, 1.54) is 11.3 Å². The van der Waals surface area contributed by atoms with E-state index in [-0.39, 0.29) is 5.75 Å². The van der Waals surface area contributed by atoms with Crippen LogP contribution >= 0.6 is 27.3 Å². The Bertz CT molecular complexity index is 611. The van der Waals surface area contributed by atoms with Crippen LogP contribution < -0.4 is 5.43 Å². The first kappa shape index (κ1) is 14.0. The lowest BCUT2D eigenvalue weighted by Crippen LogP contribution is -1.95. The zero-order valence-electron chi connectivity index (χ0n) is 10.9. The largest absolute Gasteiger partial charge is 0.507 e. The van der Waals surface area contributed by atoms with Gasteiger partial charge in [-0.1, -0.05) is 15.9 Å². The lowest BCUT2D eigenvalue weighted by Gasteiger charge is -2.08. The van der Waals surface area contributed by atoms with E-state index in [9.17, 15) is 5.11 Å². The topological polar surface area (TPSA) is 57.5 Å². The first-order valence-corrected chi connectivity index (χ1v) is 7.36. The van der Waals surface area contributed by atoms with Crippen LogP contribution in [0.1, 0.15) is 22.4 Å². The molecule has 0 aliphatic heterocycles. The number of phenols is 1. The highest BCUT2D eigenvalue weighted by atomic mass is 79.9. The highest BCUT2D eigenvalue weighted by Crippen LogP contribution is 2.30. The van der Waals surface area contributed by atoms with Gasteiger partial charge in [0.25, 0.3) is 0 Å². The average Bonchev–Trinajstić information content (AvgIpc) is 2.77. The number of thiazole rings is 1. The Morgan fingerprint density at radius 1 is 1.42 bits per heavy atom. The van der Waals surface area contributed by atoms with Gasteiger partial charge in [0.1, 0.15) is 5.75 Å². The number of halogens is 1. The number of benzene rings is 1. The van der Waals surface area contributed by atoms with E-state index in [4.69, 9.17) is 0 Å². The summed E-state index contributed by atoms with van der Waals surface area (Å²) in [7, 11) is 0. The highest BCUT2D eigenvalue weighted by molar-refractivity contribution is 9.10. The van der Waals surface area contributed by atoms with Crippen LogP contribution in [0.5, 0.6) is 5.75 Å². The van der Waals surface area contributed by atoms with E-state index in [1.807, 2.05) is 32.2 Å². The summed E-state index contributed by atoms with van der Waals surface area (Å²) in [5.41, 5.74) is 6.28. The number of hydrogen-bond donors (Lipinski definition) is 2. The SMILES string of the molecule is Cc1csc(NN=Cc2c(C)c(Br)cc(C)c2O)n1. The molecule has 19 heavy (non-hydrogen) atoms. The number of aromatic hydroxyl groups is 1. The Labute approximate surface area is 124 Å². The Kier molecular flexibility index (Phi) is 4.21.